The molecule has 27 heavy (non-hydrogen) atoms. The fraction of sp³-hybridized carbons (Fsp3) is 0.211. The number of benzene rings is 2. The smallest absolute Gasteiger partial charge is 0.322 e. The van der Waals surface area contributed by atoms with Gasteiger partial charge >= 0.3 is 6.03 Å². The molecular weight excluding hydrogens is 417 g/mol. The molecule has 0 aliphatic carbocycles. The van der Waals surface area contributed by atoms with Crippen molar-refractivity contribution in [3.8, 4) is 0 Å². The highest BCUT2D eigenvalue weighted by Gasteiger charge is 2.49. The Morgan fingerprint density at radius 1 is 1.26 bits per heavy atom. The summed E-state index contributed by atoms with van der Waals surface area (Å²) in [6, 6.07) is 10.7. The molecule has 1 unspecified atom stereocenters. The summed E-state index contributed by atoms with van der Waals surface area (Å²) >= 11 is 3.34. The van der Waals surface area contributed by atoms with Crippen molar-refractivity contribution in [1.29, 1.82) is 0 Å². The van der Waals surface area contributed by atoms with Crippen molar-refractivity contribution in [2.24, 2.45) is 0 Å². The molecule has 1 fully saturated rings. The molecule has 1 aliphatic heterocycles. The van der Waals surface area contributed by atoms with Crippen LogP contribution in [-0.4, -0.2) is 29.3 Å². The van der Waals surface area contributed by atoms with Crippen LogP contribution in [0.15, 0.2) is 46.9 Å². The first-order valence-corrected chi connectivity index (χ1v) is 8.96. The van der Waals surface area contributed by atoms with Gasteiger partial charge in [-0.15, -0.1) is 0 Å². The molecule has 1 saturated heterocycles. The van der Waals surface area contributed by atoms with Crippen LogP contribution < -0.4 is 10.6 Å². The molecule has 0 spiro atoms. The van der Waals surface area contributed by atoms with E-state index in [1.165, 1.54) is 12.1 Å². The maximum absolute atomic E-state index is 13.9. The standard InChI is InChI=1S/C19H17BrFN3O3/c1-11-6-7-15(14(21)8-11)22-16(25)10-24-17(26)19(2,23-18(24)27)12-4-3-5-13(20)9-12/h3-9H,10H2,1-2H3,(H,22,25)(H,23,27). The average molecular weight is 434 g/mol. The van der Waals surface area contributed by atoms with Gasteiger partial charge in [0.1, 0.15) is 17.9 Å². The summed E-state index contributed by atoms with van der Waals surface area (Å²) < 4.78 is 14.6. The summed E-state index contributed by atoms with van der Waals surface area (Å²) in [6.07, 6.45) is 0. The van der Waals surface area contributed by atoms with Gasteiger partial charge in [0.25, 0.3) is 5.91 Å². The fourth-order valence-corrected chi connectivity index (χ4v) is 3.29. The summed E-state index contributed by atoms with van der Waals surface area (Å²) in [7, 11) is 0. The second-order valence-electron chi connectivity index (χ2n) is 6.49. The predicted molar refractivity (Wildman–Crippen MR) is 102 cm³/mol. The molecule has 1 heterocycles. The Morgan fingerprint density at radius 3 is 2.67 bits per heavy atom. The number of anilines is 1. The Kier molecular flexibility index (Phi) is 5.01. The van der Waals surface area contributed by atoms with E-state index in [0.29, 0.717) is 11.1 Å². The molecule has 6 nitrogen and oxygen atoms in total. The van der Waals surface area contributed by atoms with E-state index in [2.05, 4.69) is 26.6 Å². The molecule has 2 N–H and O–H groups in total. The lowest BCUT2D eigenvalue weighted by Gasteiger charge is -2.22. The summed E-state index contributed by atoms with van der Waals surface area (Å²) in [4.78, 5) is 38.2. The number of imide groups is 1. The SMILES string of the molecule is Cc1ccc(NC(=O)CN2C(=O)NC(C)(c3cccc(Br)c3)C2=O)c(F)c1. The maximum atomic E-state index is 13.9. The summed E-state index contributed by atoms with van der Waals surface area (Å²) in [5.74, 6) is -1.80. The third-order valence-corrected chi connectivity index (χ3v) is 4.87. The van der Waals surface area contributed by atoms with Gasteiger partial charge in [0.05, 0.1) is 5.69 Å². The van der Waals surface area contributed by atoms with Crippen LogP contribution in [0, 0.1) is 12.7 Å². The van der Waals surface area contributed by atoms with Gasteiger partial charge in [-0.25, -0.2) is 9.18 Å². The van der Waals surface area contributed by atoms with Crippen LogP contribution >= 0.6 is 15.9 Å². The zero-order valence-electron chi connectivity index (χ0n) is 14.7. The minimum absolute atomic E-state index is 0.00703. The molecule has 0 aromatic heterocycles. The minimum atomic E-state index is -1.28. The Labute approximate surface area is 163 Å². The van der Waals surface area contributed by atoms with Crippen LogP contribution in [0.4, 0.5) is 14.9 Å². The van der Waals surface area contributed by atoms with Crippen molar-refractivity contribution in [1.82, 2.24) is 10.2 Å². The molecule has 1 atom stereocenters. The van der Waals surface area contributed by atoms with Crippen molar-refractivity contribution in [3.63, 3.8) is 0 Å². The van der Waals surface area contributed by atoms with E-state index in [1.54, 1.807) is 44.2 Å². The zero-order valence-corrected chi connectivity index (χ0v) is 16.3. The molecule has 8 heteroatoms. The highest BCUT2D eigenvalue weighted by atomic mass is 79.9. The molecule has 0 saturated carbocycles. The number of aryl methyl sites for hydroxylation is 1. The normalized spacial score (nSPS) is 19.2. The van der Waals surface area contributed by atoms with Crippen LogP contribution in [0.25, 0.3) is 0 Å². The lowest BCUT2D eigenvalue weighted by Crippen LogP contribution is -2.42. The van der Waals surface area contributed by atoms with E-state index >= 15 is 0 Å². The quantitative estimate of drug-likeness (QED) is 0.725. The third kappa shape index (κ3) is 3.71. The number of rotatable bonds is 4. The maximum Gasteiger partial charge on any atom is 0.325 e. The summed E-state index contributed by atoms with van der Waals surface area (Å²) in [5, 5.41) is 5.01. The lowest BCUT2D eigenvalue weighted by molar-refractivity contribution is -0.133. The van der Waals surface area contributed by atoms with Gasteiger partial charge < -0.3 is 10.6 Å². The molecule has 0 bridgehead atoms. The first-order chi connectivity index (χ1) is 12.7. The molecular formula is C19H17BrFN3O3. The van der Waals surface area contributed by atoms with E-state index in [9.17, 15) is 18.8 Å². The largest absolute Gasteiger partial charge is 0.325 e. The third-order valence-electron chi connectivity index (χ3n) is 4.38. The predicted octanol–water partition coefficient (Wildman–Crippen LogP) is 3.30. The Morgan fingerprint density at radius 2 is 2.00 bits per heavy atom. The van der Waals surface area contributed by atoms with Crippen molar-refractivity contribution in [2.75, 3.05) is 11.9 Å². The number of hydrogen-bond acceptors (Lipinski definition) is 3. The van der Waals surface area contributed by atoms with Gasteiger partial charge in [0.2, 0.25) is 5.91 Å². The number of halogens is 2. The number of carbonyl (C=O) groups excluding carboxylic acids is 3. The van der Waals surface area contributed by atoms with Crippen LogP contribution in [0.3, 0.4) is 0 Å². The molecule has 2 aromatic carbocycles. The Balaban J connectivity index is 1.76. The molecule has 1 aliphatic rings. The second-order valence-corrected chi connectivity index (χ2v) is 7.40. The van der Waals surface area contributed by atoms with Crippen molar-refractivity contribution in [3.05, 3.63) is 63.9 Å². The molecule has 4 amide bonds. The molecule has 2 aromatic rings. The Hall–Kier alpha value is -2.74. The van der Waals surface area contributed by atoms with Crippen LogP contribution in [0.2, 0.25) is 0 Å². The van der Waals surface area contributed by atoms with E-state index in [0.717, 1.165) is 9.37 Å². The van der Waals surface area contributed by atoms with Crippen LogP contribution in [-0.2, 0) is 15.1 Å². The van der Waals surface area contributed by atoms with Gasteiger partial charge in [-0.05, 0) is 49.2 Å². The van der Waals surface area contributed by atoms with Gasteiger partial charge in [-0.3, -0.25) is 14.5 Å². The number of nitrogens with one attached hydrogen (secondary N) is 2. The first-order valence-electron chi connectivity index (χ1n) is 8.17. The number of urea groups is 1. The Bertz CT molecular complexity index is 950. The van der Waals surface area contributed by atoms with Gasteiger partial charge in [-0.1, -0.05) is 34.1 Å². The van der Waals surface area contributed by atoms with Crippen molar-refractivity contribution in [2.45, 2.75) is 19.4 Å². The average Bonchev–Trinajstić information content (AvgIpc) is 2.82. The van der Waals surface area contributed by atoms with Crippen LogP contribution in [0.1, 0.15) is 18.1 Å². The number of hydrogen-bond donors (Lipinski definition) is 2. The number of nitrogens with zero attached hydrogens (tertiary/aromatic N) is 1. The van der Waals surface area contributed by atoms with E-state index < -0.39 is 35.7 Å². The van der Waals surface area contributed by atoms with E-state index in [-0.39, 0.29) is 5.69 Å². The molecule has 0 radical (unpaired) electrons. The number of carbonyl (C=O) groups is 3. The molecule has 3 rings (SSSR count). The minimum Gasteiger partial charge on any atom is -0.322 e. The fourth-order valence-electron chi connectivity index (χ4n) is 2.89. The topological polar surface area (TPSA) is 78.5 Å². The number of amides is 4. The van der Waals surface area contributed by atoms with Crippen molar-refractivity contribution < 1.29 is 18.8 Å². The monoisotopic (exact) mass is 433 g/mol. The highest BCUT2D eigenvalue weighted by Crippen LogP contribution is 2.30. The highest BCUT2D eigenvalue weighted by molar-refractivity contribution is 9.10. The van der Waals surface area contributed by atoms with Gasteiger partial charge in [-0.2, -0.15) is 0 Å². The van der Waals surface area contributed by atoms with Crippen LogP contribution in [0.5, 0.6) is 0 Å². The van der Waals surface area contributed by atoms with E-state index in [1.807, 2.05) is 0 Å². The van der Waals surface area contributed by atoms with Gasteiger partial charge in [0, 0.05) is 4.47 Å². The second kappa shape index (κ2) is 7.11. The van der Waals surface area contributed by atoms with Crippen molar-refractivity contribution >= 4 is 39.5 Å². The van der Waals surface area contributed by atoms with Gasteiger partial charge in [0.15, 0.2) is 0 Å². The first kappa shape index (κ1) is 19.0. The van der Waals surface area contributed by atoms with E-state index in [4.69, 9.17) is 0 Å². The molecule has 140 valence electrons. The summed E-state index contributed by atoms with van der Waals surface area (Å²) in [6.45, 7) is 2.79. The zero-order chi connectivity index (χ0) is 19.8. The lowest BCUT2D eigenvalue weighted by atomic mass is 9.92. The summed E-state index contributed by atoms with van der Waals surface area (Å²) in [5.41, 5.74) is 0.00971.